The molecular formula is C14H22CuF12N2O4. The Kier molecular flexibility index (Phi) is 15.8. The average Bonchev–Trinajstić information content (AvgIpc) is 2.58. The topological polar surface area (TPSA) is 83.0 Å². The molecule has 0 bridgehead atoms. The number of ether oxygens (including phenoxy) is 2. The van der Waals surface area contributed by atoms with E-state index in [0.717, 1.165) is 0 Å². The number of hydrogen-bond donors (Lipinski definition) is 4. The van der Waals surface area contributed by atoms with E-state index in [9.17, 15) is 52.7 Å². The van der Waals surface area contributed by atoms with Crippen molar-refractivity contribution < 1.29 is 89.4 Å². The van der Waals surface area contributed by atoms with Crippen molar-refractivity contribution in [3.8, 4) is 0 Å². The van der Waals surface area contributed by atoms with Crippen molar-refractivity contribution in [1.29, 1.82) is 0 Å². The van der Waals surface area contributed by atoms with E-state index >= 15 is 0 Å². The van der Waals surface area contributed by atoms with Crippen LogP contribution in [0.2, 0.25) is 0 Å². The summed E-state index contributed by atoms with van der Waals surface area (Å²) in [6.45, 7) is -3.92. The fraction of sp³-hybridized carbons (Fsp3) is 1.00. The molecule has 0 aromatic heterocycles. The number of aliphatic hydroxyl groups is 2. The molecule has 0 spiro atoms. The summed E-state index contributed by atoms with van der Waals surface area (Å²) in [6, 6.07) is 0. The zero-order chi connectivity index (χ0) is 26.1. The van der Waals surface area contributed by atoms with Gasteiger partial charge in [-0.05, 0) is 0 Å². The van der Waals surface area contributed by atoms with Crippen molar-refractivity contribution in [2.75, 3.05) is 53.6 Å². The Morgan fingerprint density at radius 3 is 0.909 bits per heavy atom. The van der Waals surface area contributed by atoms with Crippen LogP contribution in [0.1, 0.15) is 0 Å². The van der Waals surface area contributed by atoms with Crippen molar-refractivity contribution in [3.05, 3.63) is 0 Å². The second-order valence-electron chi connectivity index (χ2n) is 6.05. The minimum absolute atomic E-state index is 0. The maximum absolute atomic E-state index is 12.1. The second kappa shape index (κ2) is 14.1. The Balaban J connectivity index is -0.000000529. The van der Waals surface area contributed by atoms with Gasteiger partial charge in [-0.1, -0.05) is 0 Å². The summed E-state index contributed by atoms with van der Waals surface area (Å²) in [4.78, 5) is 0. The minimum Gasteiger partial charge on any atom is -0.383 e. The number of halogens is 12. The van der Waals surface area contributed by atoms with Crippen LogP contribution in [0.15, 0.2) is 0 Å². The van der Waals surface area contributed by atoms with Gasteiger partial charge >= 0.3 is 24.7 Å². The summed E-state index contributed by atoms with van der Waals surface area (Å²) in [5, 5.41) is 20.9. The molecule has 0 saturated heterocycles. The predicted molar refractivity (Wildman–Crippen MR) is 83.6 cm³/mol. The van der Waals surface area contributed by atoms with Crippen LogP contribution in [0.4, 0.5) is 52.7 Å². The standard InChI is InChI=1S/2C7H11F6NO2.Cu/c2*1-16-3-2-14-4-5(15,6(8,9)10)7(11,12)13;/h2*14-15H,2-4H2,1H3;. The zero-order valence-corrected chi connectivity index (χ0v) is 17.7. The summed E-state index contributed by atoms with van der Waals surface area (Å²) >= 11 is 0. The van der Waals surface area contributed by atoms with Gasteiger partial charge in [0.1, 0.15) is 0 Å². The normalized spacial score (nSPS) is 13.8. The fourth-order valence-corrected chi connectivity index (χ4v) is 1.61. The predicted octanol–water partition coefficient (Wildman–Crippen LogP) is 2.15. The summed E-state index contributed by atoms with van der Waals surface area (Å²) in [5.41, 5.74) is -9.48. The van der Waals surface area contributed by atoms with Crippen LogP contribution in [-0.2, 0) is 26.5 Å². The van der Waals surface area contributed by atoms with Crippen LogP contribution in [-0.4, -0.2) is 99.7 Å². The molecule has 0 aliphatic heterocycles. The molecule has 0 aliphatic rings. The third-order valence-electron chi connectivity index (χ3n) is 3.60. The summed E-state index contributed by atoms with van der Waals surface area (Å²) < 4.78 is 154. The Hall–Kier alpha value is -0.561. The van der Waals surface area contributed by atoms with Crippen molar-refractivity contribution in [1.82, 2.24) is 10.6 Å². The van der Waals surface area contributed by atoms with E-state index in [-0.39, 0.29) is 43.4 Å². The number of nitrogens with one attached hydrogen (secondary N) is 2. The molecule has 4 N–H and O–H groups in total. The van der Waals surface area contributed by atoms with E-state index in [2.05, 4.69) is 9.47 Å². The molecule has 207 valence electrons. The smallest absolute Gasteiger partial charge is 0.383 e. The van der Waals surface area contributed by atoms with Crippen molar-refractivity contribution in [2.24, 2.45) is 0 Å². The SMILES string of the molecule is COCCNCC(O)(C(F)(F)F)C(F)(F)F.COCCNCC(O)(C(F)(F)F)C(F)(F)F.[Cu]. The Morgan fingerprint density at radius 2 is 0.758 bits per heavy atom. The molecule has 0 amide bonds. The van der Waals surface area contributed by atoms with Crippen molar-refractivity contribution in [2.45, 2.75) is 35.9 Å². The molecule has 0 heterocycles. The van der Waals surface area contributed by atoms with Crippen LogP contribution in [0.25, 0.3) is 0 Å². The molecule has 0 rings (SSSR count). The van der Waals surface area contributed by atoms with Crippen LogP contribution in [0, 0.1) is 0 Å². The van der Waals surface area contributed by atoms with Crippen LogP contribution in [0.5, 0.6) is 0 Å². The molecule has 0 atom stereocenters. The number of methoxy groups -OCH3 is 2. The fourth-order valence-electron chi connectivity index (χ4n) is 1.61. The van der Waals surface area contributed by atoms with Gasteiger partial charge in [0.15, 0.2) is 0 Å². The van der Waals surface area contributed by atoms with Crippen molar-refractivity contribution in [3.63, 3.8) is 0 Å². The van der Waals surface area contributed by atoms with Gasteiger partial charge in [0.05, 0.1) is 13.2 Å². The van der Waals surface area contributed by atoms with Gasteiger partial charge in [0, 0.05) is 57.5 Å². The maximum atomic E-state index is 12.1. The van der Waals surface area contributed by atoms with E-state index in [4.69, 9.17) is 10.2 Å². The first-order chi connectivity index (χ1) is 14.1. The monoisotopic (exact) mass is 573 g/mol. The van der Waals surface area contributed by atoms with Crippen LogP contribution in [0.3, 0.4) is 0 Å². The first-order valence-corrected chi connectivity index (χ1v) is 8.23. The van der Waals surface area contributed by atoms with E-state index in [1.54, 1.807) is 0 Å². The number of rotatable bonds is 10. The third kappa shape index (κ3) is 11.1. The van der Waals surface area contributed by atoms with E-state index in [1.807, 2.05) is 10.6 Å². The molecule has 1 radical (unpaired) electrons. The molecule has 0 aliphatic carbocycles. The molecule has 19 heteroatoms. The first kappa shape index (κ1) is 37.0. The molecule has 0 aromatic rings. The first-order valence-electron chi connectivity index (χ1n) is 8.23. The van der Waals surface area contributed by atoms with Gasteiger partial charge in [0.2, 0.25) is 0 Å². The molecule has 0 unspecified atom stereocenters. The molecule has 0 saturated carbocycles. The number of alkyl halides is 12. The van der Waals surface area contributed by atoms with Crippen LogP contribution >= 0.6 is 0 Å². The summed E-state index contributed by atoms with van der Waals surface area (Å²) in [5.74, 6) is 0. The Labute approximate surface area is 190 Å². The number of hydrogen-bond acceptors (Lipinski definition) is 6. The quantitative estimate of drug-likeness (QED) is 0.182. The third-order valence-corrected chi connectivity index (χ3v) is 3.60. The van der Waals surface area contributed by atoms with Crippen molar-refractivity contribution >= 4 is 0 Å². The maximum Gasteiger partial charge on any atom is 0.427 e. The molecule has 0 aromatic carbocycles. The Bertz CT molecular complexity index is 452. The van der Waals surface area contributed by atoms with Crippen LogP contribution < -0.4 is 10.6 Å². The molecule has 6 nitrogen and oxygen atoms in total. The van der Waals surface area contributed by atoms with Gasteiger partial charge in [-0.3, -0.25) is 0 Å². The van der Waals surface area contributed by atoms with E-state index in [1.165, 1.54) is 14.2 Å². The second-order valence-corrected chi connectivity index (χ2v) is 6.05. The van der Waals surface area contributed by atoms with E-state index < -0.39 is 49.0 Å². The minimum atomic E-state index is -5.79. The zero-order valence-electron chi connectivity index (χ0n) is 16.8. The molecule has 33 heavy (non-hydrogen) atoms. The van der Waals surface area contributed by atoms with Gasteiger partial charge in [-0.25, -0.2) is 0 Å². The Morgan fingerprint density at radius 1 is 0.545 bits per heavy atom. The van der Waals surface area contributed by atoms with Gasteiger partial charge in [-0.2, -0.15) is 52.7 Å². The summed E-state index contributed by atoms with van der Waals surface area (Å²) in [7, 11) is 2.47. The van der Waals surface area contributed by atoms with Gasteiger partial charge in [0.25, 0.3) is 11.2 Å². The van der Waals surface area contributed by atoms with Gasteiger partial charge < -0.3 is 30.3 Å². The van der Waals surface area contributed by atoms with E-state index in [0.29, 0.717) is 0 Å². The van der Waals surface area contributed by atoms with Gasteiger partial charge in [-0.15, -0.1) is 0 Å². The molecular weight excluding hydrogens is 552 g/mol. The summed E-state index contributed by atoms with van der Waals surface area (Å²) in [6.07, 6.45) is -23.1. The average molecular weight is 574 g/mol. The molecule has 0 fully saturated rings. The largest absolute Gasteiger partial charge is 0.427 e.